The lowest BCUT2D eigenvalue weighted by atomic mass is 9.98. The summed E-state index contributed by atoms with van der Waals surface area (Å²) < 4.78 is 10.7. The predicted molar refractivity (Wildman–Crippen MR) is 132 cm³/mol. The van der Waals surface area contributed by atoms with E-state index in [2.05, 4.69) is 54.8 Å². The maximum absolute atomic E-state index is 5.37. The van der Waals surface area contributed by atoms with Crippen molar-refractivity contribution in [3.63, 3.8) is 0 Å². The number of thiazole rings is 1. The second-order valence-corrected chi connectivity index (χ2v) is 8.31. The molecule has 2 aromatic rings. The first-order valence-corrected chi connectivity index (χ1v) is 10.4. The second kappa shape index (κ2) is 12.2. The largest absolute Gasteiger partial charge is 0.493 e. The highest BCUT2D eigenvalue weighted by molar-refractivity contribution is 14.0. The first-order chi connectivity index (χ1) is 13.4. The summed E-state index contributed by atoms with van der Waals surface area (Å²) >= 11 is 1.70. The van der Waals surface area contributed by atoms with E-state index < -0.39 is 0 Å². The maximum atomic E-state index is 5.37. The van der Waals surface area contributed by atoms with Gasteiger partial charge in [0.25, 0.3) is 0 Å². The van der Waals surface area contributed by atoms with Gasteiger partial charge in [0.15, 0.2) is 17.5 Å². The van der Waals surface area contributed by atoms with Crippen molar-refractivity contribution in [2.75, 3.05) is 27.3 Å². The van der Waals surface area contributed by atoms with Crippen LogP contribution < -0.4 is 20.1 Å². The highest BCUT2D eigenvalue weighted by Crippen LogP contribution is 2.27. The van der Waals surface area contributed by atoms with E-state index in [1.807, 2.05) is 12.1 Å². The number of hydrogen-bond acceptors (Lipinski definition) is 5. The second-order valence-electron chi connectivity index (χ2n) is 7.46. The van der Waals surface area contributed by atoms with Gasteiger partial charge < -0.3 is 20.1 Å². The molecule has 29 heavy (non-hydrogen) atoms. The molecule has 8 heteroatoms. The zero-order chi connectivity index (χ0) is 20.6. The van der Waals surface area contributed by atoms with Gasteiger partial charge in [0, 0.05) is 23.9 Å². The molecule has 0 aliphatic carbocycles. The molecule has 0 saturated carbocycles. The Hall–Kier alpha value is -1.55. The molecule has 0 aliphatic rings. The molecule has 162 valence electrons. The molecule has 0 radical (unpaired) electrons. The third-order valence-corrected chi connectivity index (χ3v) is 5.41. The lowest BCUT2D eigenvalue weighted by Crippen LogP contribution is -2.38. The molecule has 0 saturated heterocycles. The summed E-state index contributed by atoms with van der Waals surface area (Å²) in [5, 5.41) is 9.91. The van der Waals surface area contributed by atoms with E-state index in [0.717, 1.165) is 47.7 Å². The zero-order valence-corrected chi connectivity index (χ0v) is 21.3. The molecule has 0 amide bonds. The molecule has 2 N–H and O–H groups in total. The van der Waals surface area contributed by atoms with Crippen molar-refractivity contribution in [1.82, 2.24) is 15.6 Å². The predicted octanol–water partition coefficient (Wildman–Crippen LogP) is 4.37. The summed E-state index contributed by atoms with van der Waals surface area (Å²) in [7, 11) is 3.30. The summed E-state index contributed by atoms with van der Waals surface area (Å²) in [6.07, 6.45) is 0.857. The Labute approximate surface area is 195 Å². The number of ether oxygens (including phenoxy) is 2. The van der Waals surface area contributed by atoms with Gasteiger partial charge in [-0.3, -0.25) is 0 Å². The molecule has 2 rings (SSSR count). The molecule has 0 bridgehead atoms. The lowest BCUT2D eigenvalue weighted by molar-refractivity contribution is 0.354. The fourth-order valence-electron chi connectivity index (χ4n) is 2.59. The van der Waals surface area contributed by atoms with Gasteiger partial charge >= 0.3 is 0 Å². The monoisotopic (exact) mass is 532 g/mol. The third kappa shape index (κ3) is 8.00. The van der Waals surface area contributed by atoms with E-state index in [4.69, 9.17) is 14.5 Å². The number of nitrogens with one attached hydrogen (secondary N) is 2. The summed E-state index contributed by atoms with van der Waals surface area (Å²) in [4.78, 5) is 9.37. The molecule has 0 aliphatic heterocycles. The number of nitrogens with zero attached hydrogens (tertiary/aromatic N) is 2. The Morgan fingerprint density at radius 1 is 1.14 bits per heavy atom. The van der Waals surface area contributed by atoms with Crippen LogP contribution in [-0.2, 0) is 18.4 Å². The van der Waals surface area contributed by atoms with E-state index in [1.54, 1.807) is 25.6 Å². The van der Waals surface area contributed by atoms with Crippen molar-refractivity contribution in [2.45, 2.75) is 46.1 Å². The third-order valence-electron chi connectivity index (χ3n) is 4.09. The van der Waals surface area contributed by atoms with Crippen molar-refractivity contribution in [3.8, 4) is 11.5 Å². The van der Waals surface area contributed by atoms with E-state index >= 15 is 0 Å². The molecular weight excluding hydrogens is 499 g/mol. The van der Waals surface area contributed by atoms with Crippen LogP contribution in [0.1, 0.15) is 44.0 Å². The number of benzene rings is 1. The standard InChI is InChI=1S/C21H32N4O2S.HI/c1-7-22-20(24-13-16-14-28-19(25-16)21(2,3)4)23-11-10-15-8-9-17(26-5)18(12-15)27-6;/h8-9,12,14H,7,10-11,13H2,1-6H3,(H2,22,23,24);1H. The van der Waals surface area contributed by atoms with Gasteiger partial charge in [0.1, 0.15) is 0 Å². The van der Waals surface area contributed by atoms with Crippen molar-refractivity contribution in [2.24, 2.45) is 4.99 Å². The van der Waals surface area contributed by atoms with Gasteiger partial charge in [-0.1, -0.05) is 26.8 Å². The Morgan fingerprint density at radius 3 is 2.45 bits per heavy atom. The number of aromatic nitrogens is 1. The zero-order valence-electron chi connectivity index (χ0n) is 18.2. The van der Waals surface area contributed by atoms with Crippen LogP contribution in [-0.4, -0.2) is 38.3 Å². The molecule has 0 unspecified atom stereocenters. The quantitative estimate of drug-likeness (QED) is 0.300. The molecule has 0 atom stereocenters. The van der Waals surface area contributed by atoms with Gasteiger partial charge in [-0.2, -0.15) is 0 Å². The Bertz CT molecular complexity index is 787. The van der Waals surface area contributed by atoms with Gasteiger partial charge in [-0.15, -0.1) is 35.3 Å². The minimum absolute atomic E-state index is 0. The molecule has 0 spiro atoms. The normalized spacial score (nSPS) is 11.6. The van der Waals surface area contributed by atoms with Crippen LogP contribution in [0.2, 0.25) is 0 Å². The molecule has 1 heterocycles. The average molecular weight is 532 g/mol. The van der Waals surface area contributed by atoms with Crippen LogP contribution in [0.25, 0.3) is 0 Å². The number of rotatable bonds is 8. The first kappa shape index (κ1) is 25.5. The number of guanidine groups is 1. The lowest BCUT2D eigenvalue weighted by Gasteiger charge is -2.13. The number of methoxy groups -OCH3 is 2. The summed E-state index contributed by atoms with van der Waals surface area (Å²) in [6, 6.07) is 5.99. The van der Waals surface area contributed by atoms with Gasteiger partial charge in [-0.05, 0) is 31.0 Å². The fourth-order valence-corrected chi connectivity index (χ4v) is 3.49. The van der Waals surface area contributed by atoms with Gasteiger partial charge in [0.2, 0.25) is 0 Å². The molecule has 1 aromatic heterocycles. The molecule has 1 aromatic carbocycles. The van der Waals surface area contributed by atoms with E-state index in [0.29, 0.717) is 6.54 Å². The first-order valence-electron chi connectivity index (χ1n) is 9.55. The Morgan fingerprint density at radius 2 is 1.86 bits per heavy atom. The highest BCUT2D eigenvalue weighted by Gasteiger charge is 2.17. The van der Waals surface area contributed by atoms with Crippen molar-refractivity contribution in [3.05, 3.63) is 39.8 Å². The van der Waals surface area contributed by atoms with Crippen LogP contribution in [0.3, 0.4) is 0 Å². The fraction of sp³-hybridized carbons (Fsp3) is 0.524. The van der Waals surface area contributed by atoms with Crippen LogP contribution in [0.4, 0.5) is 0 Å². The van der Waals surface area contributed by atoms with Crippen LogP contribution in [0, 0.1) is 0 Å². The number of aliphatic imine (C=N–C) groups is 1. The summed E-state index contributed by atoms with van der Waals surface area (Å²) in [5.74, 6) is 2.29. The van der Waals surface area contributed by atoms with Gasteiger partial charge in [-0.25, -0.2) is 9.98 Å². The van der Waals surface area contributed by atoms with E-state index in [1.165, 1.54) is 5.56 Å². The van der Waals surface area contributed by atoms with Crippen LogP contribution in [0.5, 0.6) is 11.5 Å². The topological polar surface area (TPSA) is 67.8 Å². The van der Waals surface area contributed by atoms with E-state index in [9.17, 15) is 0 Å². The van der Waals surface area contributed by atoms with Crippen molar-refractivity contribution >= 4 is 41.3 Å². The van der Waals surface area contributed by atoms with Crippen molar-refractivity contribution < 1.29 is 9.47 Å². The number of hydrogen-bond donors (Lipinski definition) is 2. The molecule has 6 nitrogen and oxygen atoms in total. The highest BCUT2D eigenvalue weighted by atomic mass is 127. The minimum atomic E-state index is 0. The Balaban J connectivity index is 0.00000420. The molecular formula is C21H33IN4O2S. The SMILES string of the molecule is CCNC(=NCc1csc(C(C)(C)C)n1)NCCc1ccc(OC)c(OC)c1.I. The van der Waals surface area contributed by atoms with Crippen LogP contribution in [0.15, 0.2) is 28.6 Å². The molecule has 0 fully saturated rings. The van der Waals surface area contributed by atoms with E-state index in [-0.39, 0.29) is 29.4 Å². The number of halogens is 1. The summed E-state index contributed by atoms with van der Waals surface area (Å²) in [6.45, 7) is 10.7. The summed E-state index contributed by atoms with van der Waals surface area (Å²) in [5.41, 5.74) is 2.26. The van der Waals surface area contributed by atoms with Crippen molar-refractivity contribution in [1.29, 1.82) is 0 Å². The Kier molecular flexibility index (Phi) is 10.7. The maximum Gasteiger partial charge on any atom is 0.191 e. The van der Waals surface area contributed by atoms with Gasteiger partial charge in [0.05, 0.1) is 31.5 Å². The minimum Gasteiger partial charge on any atom is -0.493 e. The van der Waals surface area contributed by atoms with Crippen LogP contribution >= 0.6 is 35.3 Å². The average Bonchev–Trinajstić information content (AvgIpc) is 3.15. The smallest absolute Gasteiger partial charge is 0.191 e.